The highest BCUT2D eigenvalue weighted by atomic mass is 16.5. The first kappa shape index (κ1) is 14.7. The number of para-hydroxylation sites is 1. The third-order valence-electron chi connectivity index (χ3n) is 5.05. The lowest BCUT2D eigenvalue weighted by molar-refractivity contribution is 0.0118. The summed E-state index contributed by atoms with van der Waals surface area (Å²) in [6.07, 6.45) is 6.04. The Balaban J connectivity index is 1.35. The van der Waals surface area contributed by atoms with Crippen LogP contribution in [0.15, 0.2) is 42.9 Å². The predicted octanol–water partition coefficient (Wildman–Crippen LogP) is 2.27. The van der Waals surface area contributed by atoms with Crippen LogP contribution in [0.1, 0.15) is 18.5 Å². The first-order valence-corrected chi connectivity index (χ1v) is 8.36. The molecule has 5 heteroatoms. The molecule has 1 spiro atoms. The lowest BCUT2D eigenvalue weighted by Crippen LogP contribution is -2.33. The van der Waals surface area contributed by atoms with Crippen molar-refractivity contribution in [2.75, 3.05) is 25.0 Å². The Hall–Kier alpha value is -1.85. The monoisotopic (exact) mass is 312 g/mol. The maximum Gasteiger partial charge on any atom is 0.0945 e. The average Bonchev–Trinajstić information content (AvgIpc) is 3.25. The molecular weight excluding hydrogens is 288 g/mol. The van der Waals surface area contributed by atoms with Crippen molar-refractivity contribution in [3.05, 3.63) is 48.5 Å². The van der Waals surface area contributed by atoms with Gasteiger partial charge in [0.1, 0.15) is 0 Å². The fraction of sp³-hybridized carbons (Fsp3) is 0.500. The number of imidazole rings is 1. The fourth-order valence-electron chi connectivity index (χ4n) is 3.82. The van der Waals surface area contributed by atoms with E-state index < -0.39 is 0 Å². The largest absolute Gasteiger partial charge is 0.380 e. The lowest BCUT2D eigenvalue weighted by Gasteiger charge is -2.23. The highest BCUT2D eigenvalue weighted by molar-refractivity contribution is 5.43. The van der Waals surface area contributed by atoms with Crippen molar-refractivity contribution in [3.8, 4) is 0 Å². The van der Waals surface area contributed by atoms with Gasteiger partial charge in [-0.25, -0.2) is 4.98 Å². The Morgan fingerprint density at radius 3 is 3.00 bits per heavy atom. The van der Waals surface area contributed by atoms with Gasteiger partial charge < -0.3 is 14.6 Å². The van der Waals surface area contributed by atoms with E-state index in [0.29, 0.717) is 6.04 Å². The standard InChI is InChI=1S/C18H24N4O/c1-21-14-19-10-17(21)11-22-8-7-18(13-22)9-16(12-23-18)20-15-5-3-2-4-6-15/h2-6,10,14,16,20H,7-9,11-13H2,1H3. The Labute approximate surface area is 137 Å². The first-order valence-electron chi connectivity index (χ1n) is 8.36. The third kappa shape index (κ3) is 3.12. The summed E-state index contributed by atoms with van der Waals surface area (Å²) in [7, 11) is 2.06. The van der Waals surface area contributed by atoms with Crippen LogP contribution in [-0.4, -0.2) is 45.8 Å². The van der Waals surface area contributed by atoms with E-state index in [1.165, 1.54) is 11.4 Å². The molecule has 2 unspecified atom stereocenters. The van der Waals surface area contributed by atoms with E-state index in [9.17, 15) is 0 Å². The molecule has 0 aliphatic carbocycles. The van der Waals surface area contributed by atoms with Gasteiger partial charge in [0.15, 0.2) is 0 Å². The molecular formula is C18H24N4O. The van der Waals surface area contributed by atoms with Gasteiger partial charge in [0.25, 0.3) is 0 Å². The van der Waals surface area contributed by atoms with Gasteiger partial charge in [0.2, 0.25) is 0 Å². The molecule has 2 atom stereocenters. The second-order valence-corrected chi connectivity index (χ2v) is 6.86. The number of hydrogen-bond acceptors (Lipinski definition) is 4. The number of aromatic nitrogens is 2. The summed E-state index contributed by atoms with van der Waals surface area (Å²) in [4.78, 5) is 6.69. The van der Waals surface area contributed by atoms with E-state index >= 15 is 0 Å². The van der Waals surface area contributed by atoms with E-state index in [1.54, 1.807) is 0 Å². The third-order valence-corrected chi connectivity index (χ3v) is 5.05. The molecule has 0 radical (unpaired) electrons. The molecule has 122 valence electrons. The lowest BCUT2D eigenvalue weighted by atomic mass is 9.97. The van der Waals surface area contributed by atoms with Crippen LogP contribution in [0.25, 0.3) is 0 Å². The molecule has 0 amide bonds. The summed E-state index contributed by atoms with van der Waals surface area (Å²) in [5.41, 5.74) is 2.48. The minimum Gasteiger partial charge on any atom is -0.380 e. The minimum absolute atomic E-state index is 0.0328. The van der Waals surface area contributed by atoms with Crippen LogP contribution < -0.4 is 5.32 Å². The van der Waals surface area contributed by atoms with Crippen molar-refractivity contribution >= 4 is 5.69 Å². The van der Waals surface area contributed by atoms with Crippen molar-refractivity contribution in [2.45, 2.75) is 31.0 Å². The summed E-state index contributed by atoms with van der Waals surface area (Å²) in [6, 6.07) is 10.8. The first-order chi connectivity index (χ1) is 11.2. The molecule has 5 nitrogen and oxygen atoms in total. The Kier molecular flexibility index (Phi) is 3.83. The van der Waals surface area contributed by atoms with Crippen molar-refractivity contribution in [1.82, 2.24) is 14.5 Å². The number of hydrogen-bond donors (Lipinski definition) is 1. The van der Waals surface area contributed by atoms with E-state index in [-0.39, 0.29) is 5.60 Å². The zero-order chi connectivity index (χ0) is 15.7. The maximum absolute atomic E-state index is 6.24. The summed E-state index contributed by atoms with van der Waals surface area (Å²) >= 11 is 0. The summed E-state index contributed by atoms with van der Waals surface area (Å²) in [6.45, 7) is 3.88. The van der Waals surface area contributed by atoms with Gasteiger partial charge in [-0.1, -0.05) is 18.2 Å². The molecule has 1 aromatic carbocycles. The second kappa shape index (κ2) is 5.98. The molecule has 2 aromatic rings. The molecule has 3 heterocycles. The molecule has 2 aliphatic rings. The highest BCUT2D eigenvalue weighted by Gasteiger charge is 2.45. The van der Waals surface area contributed by atoms with Crippen molar-refractivity contribution in [2.24, 2.45) is 7.05 Å². The number of likely N-dealkylation sites (tertiary alicyclic amines) is 1. The number of rotatable bonds is 4. The summed E-state index contributed by atoms with van der Waals surface area (Å²) in [5, 5.41) is 3.60. The quantitative estimate of drug-likeness (QED) is 0.940. The van der Waals surface area contributed by atoms with Gasteiger partial charge in [0.05, 0.1) is 30.3 Å². The van der Waals surface area contributed by atoms with E-state index in [0.717, 1.165) is 39.1 Å². The molecule has 1 aromatic heterocycles. The Morgan fingerprint density at radius 2 is 2.22 bits per heavy atom. The van der Waals surface area contributed by atoms with Gasteiger partial charge in [0, 0.05) is 45.0 Å². The molecule has 2 saturated heterocycles. The van der Waals surface area contributed by atoms with Gasteiger partial charge >= 0.3 is 0 Å². The molecule has 23 heavy (non-hydrogen) atoms. The van der Waals surface area contributed by atoms with Crippen LogP contribution in [0.4, 0.5) is 5.69 Å². The summed E-state index contributed by atoms with van der Waals surface area (Å²) < 4.78 is 8.34. The smallest absolute Gasteiger partial charge is 0.0945 e. The molecule has 2 fully saturated rings. The van der Waals surface area contributed by atoms with Gasteiger partial charge in [-0.2, -0.15) is 0 Å². The number of anilines is 1. The molecule has 0 bridgehead atoms. The number of nitrogens with zero attached hydrogens (tertiary/aromatic N) is 3. The van der Waals surface area contributed by atoms with Crippen LogP contribution in [0.5, 0.6) is 0 Å². The van der Waals surface area contributed by atoms with Crippen molar-refractivity contribution in [1.29, 1.82) is 0 Å². The van der Waals surface area contributed by atoms with Crippen LogP contribution in [0.3, 0.4) is 0 Å². The van der Waals surface area contributed by atoms with E-state index in [2.05, 4.69) is 51.1 Å². The van der Waals surface area contributed by atoms with Gasteiger partial charge in [-0.15, -0.1) is 0 Å². The van der Waals surface area contributed by atoms with Crippen LogP contribution in [0.2, 0.25) is 0 Å². The average molecular weight is 312 g/mol. The zero-order valence-electron chi connectivity index (χ0n) is 13.6. The van der Waals surface area contributed by atoms with Crippen molar-refractivity contribution in [3.63, 3.8) is 0 Å². The highest BCUT2D eigenvalue weighted by Crippen LogP contribution is 2.36. The topological polar surface area (TPSA) is 42.3 Å². The maximum atomic E-state index is 6.24. The number of benzene rings is 1. The van der Waals surface area contributed by atoms with Crippen molar-refractivity contribution < 1.29 is 4.74 Å². The fourth-order valence-corrected chi connectivity index (χ4v) is 3.82. The van der Waals surface area contributed by atoms with Crippen LogP contribution in [0, 0.1) is 0 Å². The molecule has 1 N–H and O–H groups in total. The van der Waals surface area contributed by atoms with Crippen LogP contribution in [-0.2, 0) is 18.3 Å². The van der Waals surface area contributed by atoms with Crippen LogP contribution >= 0.6 is 0 Å². The molecule has 4 rings (SSSR count). The summed E-state index contributed by atoms with van der Waals surface area (Å²) in [5.74, 6) is 0. The predicted molar refractivity (Wildman–Crippen MR) is 90.3 cm³/mol. The Morgan fingerprint density at radius 1 is 1.35 bits per heavy atom. The number of nitrogens with one attached hydrogen (secondary N) is 1. The zero-order valence-corrected chi connectivity index (χ0v) is 13.6. The molecule has 2 aliphatic heterocycles. The van der Waals surface area contributed by atoms with E-state index in [4.69, 9.17) is 4.74 Å². The minimum atomic E-state index is 0.0328. The second-order valence-electron chi connectivity index (χ2n) is 6.86. The van der Waals surface area contributed by atoms with Gasteiger partial charge in [-0.05, 0) is 18.6 Å². The SMILES string of the molecule is Cn1cncc1CN1CCC2(CC(Nc3ccccc3)CO2)C1. The normalized spacial score (nSPS) is 27.8. The van der Waals surface area contributed by atoms with E-state index in [1.807, 2.05) is 18.6 Å². The number of aryl methyl sites for hydroxylation is 1. The Bertz CT molecular complexity index is 656. The number of ether oxygens (including phenoxy) is 1. The van der Waals surface area contributed by atoms with Gasteiger partial charge in [-0.3, -0.25) is 4.90 Å². The molecule has 0 saturated carbocycles.